The van der Waals surface area contributed by atoms with Gasteiger partial charge in [0, 0.05) is 6.54 Å². The second-order valence-electron chi connectivity index (χ2n) is 4.36. The van der Waals surface area contributed by atoms with E-state index in [1.165, 1.54) is 0 Å². The summed E-state index contributed by atoms with van der Waals surface area (Å²) in [6.07, 6.45) is 3.65. The Morgan fingerprint density at radius 1 is 1.05 bits per heavy atom. The topological polar surface area (TPSA) is 84.0 Å². The second kappa shape index (κ2) is 7.93. The number of rotatable bonds is 9. The molecule has 0 saturated carbocycles. The summed E-state index contributed by atoms with van der Waals surface area (Å²) in [4.78, 5) is 0. The molecule has 0 spiro atoms. The lowest BCUT2D eigenvalue weighted by atomic mass is 10.3. The maximum absolute atomic E-state index is 11.7. The quantitative estimate of drug-likeness (QED) is 0.680. The molecule has 0 saturated heterocycles. The molecular formula is C12H22N4O2S. The van der Waals surface area contributed by atoms with Crippen molar-refractivity contribution in [1.82, 2.24) is 10.2 Å². The minimum Gasteiger partial charge on any atom is -0.369 e. The van der Waals surface area contributed by atoms with Crippen LogP contribution in [0.5, 0.6) is 0 Å². The molecule has 7 heteroatoms. The van der Waals surface area contributed by atoms with Crippen molar-refractivity contribution < 1.29 is 8.42 Å². The van der Waals surface area contributed by atoms with Gasteiger partial charge < -0.3 is 5.32 Å². The van der Waals surface area contributed by atoms with Gasteiger partial charge in [-0.15, -0.1) is 10.2 Å². The van der Waals surface area contributed by atoms with Gasteiger partial charge in [-0.3, -0.25) is 4.72 Å². The summed E-state index contributed by atoms with van der Waals surface area (Å²) < 4.78 is 25.7. The first-order chi connectivity index (χ1) is 9.07. The molecule has 0 radical (unpaired) electrons. The number of unbranched alkanes of at least 4 members (excludes halogenated alkanes) is 2. The molecule has 1 rings (SSSR count). The van der Waals surface area contributed by atoms with Crippen LogP contribution in [0.25, 0.3) is 0 Å². The molecule has 108 valence electrons. The Kier molecular flexibility index (Phi) is 6.55. The van der Waals surface area contributed by atoms with Crippen LogP contribution in [-0.4, -0.2) is 30.9 Å². The van der Waals surface area contributed by atoms with Gasteiger partial charge in [0.15, 0.2) is 5.82 Å². The van der Waals surface area contributed by atoms with Gasteiger partial charge in [0.2, 0.25) is 10.0 Å². The summed E-state index contributed by atoms with van der Waals surface area (Å²) in [5.41, 5.74) is 0. The van der Waals surface area contributed by atoms with Gasteiger partial charge in [-0.05, 0) is 25.0 Å². The molecule has 0 atom stereocenters. The highest BCUT2D eigenvalue weighted by Crippen LogP contribution is 2.09. The SMILES string of the molecule is CCCCNc1ccc(NS(=O)(=O)CCCC)nn1. The Balaban J connectivity index is 2.52. The number of nitrogens with zero attached hydrogens (tertiary/aromatic N) is 2. The maximum atomic E-state index is 11.7. The fraction of sp³-hybridized carbons (Fsp3) is 0.667. The maximum Gasteiger partial charge on any atom is 0.233 e. The predicted molar refractivity (Wildman–Crippen MR) is 77.7 cm³/mol. The lowest BCUT2D eigenvalue weighted by molar-refractivity contribution is 0.597. The summed E-state index contributed by atoms with van der Waals surface area (Å²) in [5.74, 6) is 1.03. The van der Waals surface area contributed by atoms with Crippen LogP contribution in [0.2, 0.25) is 0 Å². The molecule has 0 aliphatic heterocycles. The number of sulfonamides is 1. The molecule has 0 bridgehead atoms. The highest BCUT2D eigenvalue weighted by atomic mass is 32.2. The number of nitrogens with one attached hydrogen (secondary N) is 2. The van der Waals surface area contributed by atoms with Crippen molar-refractivity contribution in [3.8, 4) is 0 Å². The molecule has 0 unspecified atom stereocenters. The monoisotopic (exact) mass is 286 g/mol. The predicted octanol–water partition coefficient (Wildman–Crippen LogP) is 2.23. The van der Waals surface area contributed by atoms with Crippen molar-refractivity contribution in [3.63, 3.8) is 0 Å². The first-order valence-corrected chi connectivity index (χ1v) is 8.30. The molecule has 2 N–H and O–H groups in total. The van der Waals surface area contributed by atoms with E-state index in [4.69, 9.17) is 0 Å². The van der Waals surface area contributed by atoms with Crippen LogP contribution in [0.3, 0.4) is 0 Å². The van der Waals surface area contributed by atoms with Crippen molar-refractivity contribution in [3.05, 3.63) is 12.1 Å². The molecule has 1 aromatic heterocycles. The van der Waals surface area contributed by atoms with Crippen molar-refractivity contribution in [2.24, 2.45) is 0 Å². The van der Waals surface area contributed by atoms with E-state index in [1.54, 1.807) is 12.1 Å². The lowest BCUT2D eigenvalue weighted by Crippen LogP contribution is -2.17. The normalized spacial score (nSPS) is 11.3. The highest BCUT2D eigenvalue weighted by Gasteiger charge is 2.10. The van der Waals surface area contributed by atoms with E-state index in [-0.39, 0.29) is 11.6 Å². The van der Waals surface area contributed by atoms with Crippen molar-refractivity contribution >= 4 is 21.7 Å². The summed E-state index contributed by atoms with van der Waals surface area (Å²) in [7, 11) is -3.30. The zero-order valence-electron chi connectivity index (χ0n) is 11.5. The molecule has 0 aliphatic rings. The number of aromatic nitrogens is 2. The minimum absolute atomic E-state index is 0.113. The first-order valence-electron chi connectivity index (χ1n) is 6.65. The van der Waals surface area contributed by atoms with Gasteiger partial charge in [-0.1, -0.05) is 26.7 Å². The van der Waals surface area contributed by atoms with Crippen LogP contribution < -0.4 is 10.0 Å². The zero-order valence-corrected chi connectivity index (χ0v) is 12.3. The molecule has 0 amide bonds. The Morgan fingerprint density at radius 3 is 2.26 bits per heavy atom. The Hall–Kier alpha value is -1.37. The molecule has 0 aliphatic carbocycles. The Morgan fingerprint density at radius 2 is 1.68 bits per heavy atom. The van der Waals surface area contributed by atoms with Gasteiger partial charge in [0.05, 0.1) is 5.75 Å². The van der Waals surface area contributed by atoms with Crippen molar-refractivity contribution in [1.29, 1.82) is 0 Å². The van der Waals surface area contributed by atoms with Crippen LogP contribution in [0.15, 0.2) is 12.1 Å². The van der Waals surface area contributed by atoms with Crippen LogP contribution in [-0.2, 0) is 10.0 Å². The third-order valence-corrected chi connectivity index (χ3v) is 3.87. The summed E-state index contributed by atoms with van der Waals surface area (Å²) >= 11 is 0. The fourth-order valence-corrected chi connectivity index (χ4v) is 2.62. The number of hydrogen-bond acceptors (Lipinski definition) is 5. The standard InChI is InChI=1S/C12H22N4O2S/c1-3-5-9-13-11-7-8-12(15-14-11)16-19(17,18)10-6-4-2/h7-8H,3-6,9-10H2,1-2H3,(H,13,14)(H,15,16). The van der Waals surface area contributed by atoms with E-state index in [1.807, 2.05) is 6.92 Å². The van der Waals surface area contributed by atoms with E-state index in [0.29, 0.717) is 12.2 Å². The van der Waals surface area contributed by atoms with E-state index < -0.39 is 10.0 Å². The molecule has 0 fully saturated rings. The average molecular weight is 286 g/mol. The third kappa shape index (κ3) is 6.37. The Labute approximate surface area is 115 Å². The van der Waals surface area contributed by atoms with E-state index in [0.717, 1.165) is 25.8 Å². The molecule has 1 aromatic rings. The van der Waals surface area contributed by atoms with Gasteiger partial charge in [-0.2, -0.15) is 0 Å². The molecule has 6 nitrogen and oxygen atoms in total. The summed E-state index contributed by atoms with van der Waals surface area (Å²) in [5, 5.41) is 10.9. The van der Waals surface area contributed by atoms with Gasteiger partial charge in [-0.25, -0.2) is 8.42 Å². The second-order valence-corrected chi connectivity index (χ2v) is 6.20. The Bertz CT molecular complexity index is 459. The van der Waals surface area contributed by atoms with E-state index >= 15 is 0 Å². The van der Waals surface area contributed by atoms with E-state index in [9.17, 15) is 8.42 Å². The first kappa shape index (κ1) is 15.7. The van der Waals surface area contributed by atoms with Crippen LogP contribution in [0, 0.1) is 0 Å². The highest BCUT2D eigenvalue weighted by molar-refractivity contribution is 7.92. The smallest absolute Gasteiger partial charge is 0.233 e. The minimum atomic E-state index is -3.30. The van der Waals surface area contributed by atoms with Gasteiger partial charge >= 0.3 is 0 Å². The fourth-order valence-electron chi connectivity index (χ4n) is 1.42. The molecule has 19 heavy (non-hydrogen) atoms. The zero-order chi connectivity index (χ0) is 14.1. The van der Waals surface area contributed by atoms with Crippen LogP contribution >= 0.6 is 0 Å². The van der Waals surface area contributed by atoms with Gasteiger partial charge in [0.1, 0.15) is 5.82 Å². The third-order valence-electron chi connectivity index (χ3n) is 2.53. The summed E-state index contributed by atoms with van der Waals surface area (Å²) in [6, 6.07) is 3.34. The van der Waals surface area contributed by atoms with Crippen LogP contribution in [0.4, 0.5) is 11.6 Å². The van der Waals surface area contributed by atoms with Gasteiger partial charge in [0.25, 0.3) is 0 Å². The molecular weight excluding hydrogens is 264 g/mol. The molecule has 1 heterocycles. The number of hydrogen-bond donors (Lipinski definition) is 2. The van der Waals surface area contributed by atoms with Crippen molar-refractivity contribution in [2.75, 3.05) is 22.3 Å². The molecule has 0 aromatic carbocycles. The lowest BCUT2D eigenvalue weighted by Gasteiger charge is -2.07. The van der Waals surface area contributed by atoms with Crippen molar-refractivity contribution in [2.45, 2.75) is 39.5 Å². The number of anilines is 2. The largest absolute Gasteiger partial charge is 0.369 e. The van der Waals surface area contributed by atoms with Crippen LogP contribution in [0.1, 0.15) is 39.5 Å². The average Bonchev–Trinajstić information content (AvgIpc) is 2.38. The van der Waals surface area contributed by atoms with E-state index in [2.05, 4.69) is 27.2 Å². The summed E-state index contributed by atoms with van der Waals surface area (Å²) in [6.45, 7) is 4.90.